The van der Waals surface area contributed by atoms with Crippen LogP contribution in [0.1, 0.15) is 46.0 Å². The number of primary amides is 1. The van der Waals surface area contributed by atoms with Crippen LogP contribution in [-0.2, 0) is 9.53 Å². The van der Waals surface area contributed by atoms with Gasteiger partial charge in [0.1, 0.15) is 5.54 Å². The van der Waals surface area contributed by atoms with Gasteiger partial charge in [-0.3, -0.25) is 4.79 Å². The van der Waals surface area contributed by atoms with Gasteiger partial charge in [-0.05, 0) is 45.4 Å². The Labute approximate surface area is 103 Å². The molecule has 2 rings (SSSR count). The molecule has 2 fully saturated rings. The van der Waals surface area contributed by atoms with Crippen molar-refractivity contribution < 1.29 is 9.53 Å². The molecule has 17 heavy (non-hydrogen) atoms. The molecular formula is C13H24N2O2. The summed E-state index contributed by atoms with van der Waals surface area (Å²) >= 11 is 0. The van der Waals surface area contributed by atoms with E-state index in [0.717, 1.165) is 31.8 Å². The number of hydrogen-bond donors (Lipinski definition) is 2. The second kappa shape index (κ2) is 4.94. The first-order valence-corrected chi connectivity index (χ1v) is 6.71. The van der Waals surface area contributed by atoms with Gasteiger partial charge in [0.25, 0.3) is 0 Å². The van der Waals surface area contributed by atoms with Gasteiger partial charge < -0.3 is 15.8 Å². The molecule has 0 aromatic carbocycles. The van der Waals surface area contributed by atoms with Gasteiger partial charge in [0.15, 0.2) is 0 Å². The maximum atomic E-state index is 11.7. The molecule has 0 aromatic rings. The molecule has 2 aliphatic carbocycles. The van der Waals surface area contributed by atoms with Crippen LogP contribution in [0.3, 0.4) is 0 Å². The lowest BCUT2D eigenvalue weighted by Gasteiger charge is -2.29. The van der Waals surface area contributed by atoms with Crippen molar-refractivity contribution in [1.29, 1.82) is 0 Å². The van der Waals surface area contributed by atoms with E-state index in [1.807, 2.05) is 13.8 Å². The molecule has 4 nitrogen and oxygen atoms in total. The molecule has 0 saturated heterocycles. The van der Waals surface area contributed by atoms with E-state index in [1.165, 1.54) is 12.8 Å². The summed E-state index contributed by atoms with van der Waals surface area (Å²) in [5, 5.41) is 3.33. The van der Waals surface area contributed by atoms with Gasteiger partial charge >= 0.3 is 0 Å². The molecule has 2 unspecified atom stereocenters. The van der Waals surface area contributed by atoms with Crippen LogP contribution in [0.5, 0.6) is 0 Å². The van der Waals surface area contributed by atoms with Gasteiger partial charge in [-0.25, -0.2) is 0 Å². The number of nitrogens with two attached hydrogens (primary N) is 1. The van der Waals surface area contributed by atoms with Gasteiger partial charge in [0.2, 0.25) is 5.91 Å². The highest BCUT2D eigenvalue weighted by Crippen LogP contribution is 2.35. The molecule has 3 N–H and O–H groups in total. The summed E-state index contributed by atoms with van der Waals surface area (Å²) in [5.74, 6) is 0.542. The zero-order chi connectivity index (χ0) is 12.5. The van der Waals surface area contributed by atoms with Crippen molar-refractivity contribution in [2.45, 2.75) is 63.6 Å². The molecule has 98 valence electrons. The number of carbonyl (C=O) groups excluding carboxylic acids is 1. The van der Waals surface area contributed by atoms with Gasteiger partial charge in [0.05, 0.1) is 6.10 Å². The quantitative estimate of drug-likeness (QED) is 0.733. The van der Waals surface area contributed by atoms with Gasteiger partial charge in [-0.1, -0.05) is 0 Å². The molecule has 0 heterocycles. The predicted molar refractivity (Wildman–Crippen MR) is 66.5 cm³/mol. The molecule has 0 spiro atoms. The average molecular weight is 240 g/mol. The molecule has 1 amide bonds. The Balaban J connectivity index is 1.87. The summed E-state index contributed by atoms with van der Waals surface area (Å²) in [6.45, 7) is 4.95. The minimum Gasteiger partial charge on any atom is -0.378 e. The molecule has 0 aromatic heterocycles. The molecule has 0 radical (unpaired) electrons. The van der Waals surface area contributed by atoms with E-state index < -0.39 is 5.54 Å². The zero-order valence-corrected chi connectivity index (χ0v) is 10.9. The number of amides is 1. The Morgan fingerprint density at radius 1 is 1.47 bits per heavy atom. The molecule has 0 bridgehead atoms. The van der Waals surface area contributed by atoms with E-state index >= 15 is 0 Å². The monoisotopic (exact) mass is 240 g/mol. The first-order valence-electron chi connectivity index (χ1n) is 6.71. The van der Waals surface area contributed by atoms with Crippen LogP contribution >= 0.6 is 0 Å². The number of rotatable bonds is 6. The van der Waals surface area contributed by atoms with Crippen molar-refractivity contribution in [3.8, 4) is 0 Å². The van der Waals surface area contributed by atoms with E-state index in [9.17, 15) is 4.79 Å². The SMILES string of the molecule is CC(C)NC1(C(N)=O)CCC(OCC2CC2)C1. The van der Waals surface area contributed by atoms with E-state index in [-0.39, 0.29) is 18.1 Å². The number of nitrogens with one attached hydrogen (secondary N) is 1. The van der Waals surface area contributed by atoms with Crippen molar-refractivity contribution in [3.05, 3.63) is 0 Å². The Hall–Kier alpha value is -0.610. The average Bonchev–Trinajstić information content (AvgIpc) is 2.97. The Morgan fingerprint density at radius 2 is 2.18 bits per heavy atom. The molecule has 2 saturated carbocycles. The van der Waals surface area contributed by atoms with Crippen molar-refractivity contribution >= 4 is 5.91 Å². The van der Waals surface area contributed by atoms with Crippen LogP contribution in [0.25, 0.3) is 0 Å². The number of hydrogen-bond acceptors (Lipinski definition) is 3. The van der Waals surface area contributed by atoms with Crippen LogP contribution in [0.15, 0.2) is 0 Å². The first kappa shape index (κ1) is 12.8. The predicted octanol–water partition coefficient (Wildman–Crippen LogP) is 1.19. The lowest BCUT2D eigenvalue weighted by atomic mass is 9.95. The van der Waals surface area contributed by atoms with Crippen LogP contribution in [0.4, 0.5) is 0 Å². The van der Waals surface area contributed by atoms with Gasteiger partial charge in [0, 0.05) is 19.1 Å². The van der Waals surface area contributed by atoms with E-state index in [0.29, 0.717) is 0 Å². The van der Waals surface area contributed by atoms with Crippen LogP contribution < -0.4 is 11.1 Å². The first-order chi connectivity index (χ1) is 8.02. The largest absolute Gasteiger partial charge is 0.378 e. The summed E-state index contributed by atoms with van der Waals surface area (Å²) in [7, 11) is 0. The lowest BCUT2D eigenvalue weighted by Crippen LogP contribution is -2.56. The van der Waals surface area contributed by atoms with Crippen molar-refractivity contribution in [1.82, 2.24) is 5.32 Å². The van der Waals surface area contributed by atoms with E-state index in [1.54, 1.807) is 0 Å². The Morgan fingerprint density at radius 3 is 2.71 bits per heavy atom. The fraction of sp³-hybridized carbons (Fsp3) is 0.923. The molecule has 2 aliphatic rings. The third-order valence-electron chi connectivity index (χ3n) is 3.77. The summed E-state index contributed by atoms with van der Waals surface area (Å²) in [6, 6.07) is 0.268. The lowest BCUT2D eigenvalue weighted by molar-refractivity contribution is -0.125. The molecule has 4 heteroatoms. The fourth-order valence-electron chi connectivity index (χ4n) is 2.68. The van der Waals surface area contributed by atoms with Gasteiger partial charge in [-0.15, -0.1) is 0 Å². The normalized spacial score (nSPS) is 33.2. The molecule has 0 aliphatic heterocycles. The van der Waals surface area contributed by atoms with Crippen molar-refractivity contribution in [3.63, 3.8) is 0 Å². The van der Waals surface area contributed by atoms with Crippen LogP contribution in [0.2, 0.25) is 0 Å². The minimum atomic E-state index is -0.539. The van der Waals surface area contributed by atoms with Crippen molar-refractivity contribution in [2.24, 2.45) is 11.7 Å². The number of ether oxygens (including phenoxy) is 1. The van der Waals surface area contributed by atoms with E-state index in [2.05, 4.69) is 5.32 Å². The highest BCUT2D eigenvalue weighted by molar-refractivity contribution is 5.85. The summed E-state index contributed by atoms with van der Waals surface area (Å²) in [6.07, 6.45) is 5.28. The Bertz CT molecular complexity index is 289. The second-order valence-corrected chi connectivity index (χ2v) is 5.89. The number of carbonyl (C=O) groups is 1. The summed E-state index contributed by atoms with van der Waals surface area (Å²) in [4.78, 5) is 11.7. The third-order valence-corrected chi connectivity index (χ3v) is 3.77. The van der Waals surface area contributed by atoms with Crippen LogP contribution in [0, 0.1) is 5.92 Å². The minimum absolute atomic E-state index is 0.203. The summed E-state index contributed by atoms with van der Waals surface area (Å²) in [5.41, 5.74) is 5.02. The Kier molecular flexibility index (Phi) is 3.73. The van der Waals surface area contributed by atoms with Crippen molar-refractivity contribution in [2.75, 3.05) is 6.61 Å². The molecular weight excluding hydrogens is 216 g/mol. The maximum Gasteiger partial charge on any atom is 0.237 e. The smallest absolute Gasteiger partial charge is 0.237 e. The molecule has 2 atom stereocenters. The topological polar surface area (TPSA) is 64.3 Å². The highest BCUT2D eigenvalue weighted by Gasteiger charge is 2.45. The summed E-state index contributed by atoms with van der Waals surface area (Å²) < 4.78 is 5.87. The standard InChI is InChI=1S/C13H24N2O2/c1-9(2)15-13(12(14)16)6-5-11(7-13)17-8-10-3-4-10/h9-11,15H,3-8H2,1-2H3,(H2,14,16). The fourth-order valence-corrected chi connectivity index (χ4v) is 2.68. The third kappa shape index (κ3) is 3.19. The van der Waals surface area contributed by atoms with Crippen LogP contribution in [-0.4, -0.2) is 30.2 Å². The highest BCUT2D eigenvalue weighted by atomic mass is 16.5. The van der Waals surface area contributed by atoms with Gasteiger partial charge in [-0.2, -0.15) is 0 Å². The second-order valence-electron chi connectivity index (χ2n) is 5.89. The van der Waals surface area contributed by atoms with E-state index in [4.69, 9.17) is 10.5 Å². The zero-order valence-electron chi connectivity index (χ0n) is 10.9. The maximum absolute atomic E-state index is 11.7.